The maximum Gasteiger partial charge on any atom is 0.304 e. The van der Waals surface area contributed by atoms with Gasteiger partial charge in [-0.15, -0.1) is 0 Å². The molecule has 0 heterocycles. The van der Waals surface area contributed by atoms with Gasteiger partial charge in [0.1, 0.15) is 0 Å². The van der Waals surface area contributed by atoms with Crippen molar-refractivity contribution in [2.75, 3.05) is 6.54 Å². The third-order valence-corrected chi connectivity index (χ3v) is 0.504. The molecule has 0 radical (unpaired) electrons. The quantitative estimate of drug-likeness (QED) is 0.355. The van der Waals surface area contributed by atoms with Crippen LogP contribution in [0.25, 0.3) is 0 Å². The number of nitrogens with two attached hydrogens (primary N) is 1. The van der Waals surface area contributed by atoms with E-state index in [0.29, 0.717) is 0 Å². The van der Waals surface area contributed by atoms with Gasteiger partial charge in [0.15, 0.2) is 0 Å². The monoisotopic (exact) mass is 119 g/mol. The topological polar surface area (TPSA) is 72.5 Å². The van der Waals surface area contributed by atoms with Crippen LogP contribution in [0.15, 0.2) is 0 Å². The lowest BCUT2D eigenvalue weighted by Crippen LogP contribution is -2.24. The first-order valence-electron chi connectivity index (χ1n) is 2.22. The maximum atomic E-state index is 9.98. The molecule has 0 aromatic rings. The third-order valence-electron chi connectivity index (χ3n) is 0.504. The van der Waals surface area contributed by atoms with Crippen LogP contribution >= 0.6 is 0 Å². The van der Waals surface area contributed by atoms with E-state index < -0.39 is 12.3 Å². The molecule has 48 valence electrons. The highest BCUT2D eigenvalue weighted by Crippen LogP contribution is 1.81. The molecule has 4 heteroatoms. The molecule has 0 bridgehead atoms. The van der Waals surface area contributed by atoms with Crippen LogP contribution < -0.4 is 5.73 Å². The van der Waals surface area contributed by atoms with Gasteiger partial charge in [-0.05, 0) is 0 Å². The van der Waals surface area contributed by atoms with Gasteiger partial charge >= 0.3 is 5.97 Å². The summed E-state index contributed by atoms with van der Waals surface area (Å²) in [5, 5.41) is 8.46. The molecule has 0 rings (SSSR count). The molecule has 0 aromatic heterocycles. The maximum absolute atomic E-state index is 9.98. The van der Waals surface area contributed by atoms with Crippen molar-refractivity contribution in [2.24, 2.45) is 5.73 Å². The molecular formula is C4H9NO3. The SMILES string of the molecule is CC(=O)O[C@@H](O)CN. The fraction of sp³-hybridized carbons (Fsp3) is 0.750. The number of ether oxygens (including phenoxy) is 1. The summed E-state index contributed by atoms with van der Waals surface area (Å²) in [5.41, 5.74) is 4.89. The number of hydrogen-bond donors (Lipinski definition) is 2. The molecule has 0 saturated heterocycles. The minimum atomic E-state index is -1.15. The van der Waals surface area contributed by atoms with Crippen molar-refractivity contribution >= 4 is 5.97 Å². The van der Waals surface area contributed by atoms with Crippen LogP contribution in [0.2, 0.25) is 0 Å². The van der Waals surface area contributed by atoms with E-state index in [1.54, 1.807) is 0 Å². The summed E-state index contributed by atoms with van der Waals surface area (Å²) >= 11 is 0. The lowest BCUT2D eigenvalue weighted by Gasteiger charge is -2.05. The Morgan fingerprint density at radius 3 is 2.62 bits per heavy atom. The number of hydrogen-bond acceptors (Lipinski definition) is 4. The summed E-state index contributed by atoms with van der Waals surface area (Å²) in [7, 11) is 0. The van der Waals surface area contributed by atoms with E-state index >= 15 is 0 Å². The van der Waals surface area contributed by atoms with Crippen molar-refractivity contribution in [3.05, 3.63) is 0 Å². The second kappa shape index (κ2) is 3.40. The van der Waals surface area contributed by atoms with E-state index in [4.69, 9.17) is 10.8 Å². The van der Waals surface area contributed by atoms with E-state index in [1.807, 2.05) is 0 Å². The van der Waals surface area contributed by atoms with Gasteiger partial charge in [0.05, 0.1) is 6.54 Å². The minimum absolute atomic E-state index is 0.0560. The standard InChI is InChI=1S/C4H9NO3/c1-3(6)8-4(7)2-5/h4,7H,2,5H2,1H3/t4-/m1/s1. The highest BCUT2D eigenvalue weighted by Gasteiger charge is 2.01. The number of carbonyl (C=O) groups is 1. The van der Waals surface area contributed by atoms with Crippen molar-refractivity contribution < 1.29 is 14.6 Å². The van der Waals surface area contributed by atoms with Crippen LogP contribution in [0.1, 0.15) is 6.92 Å². The summed E-state index contributed by atoms with van der Waals surface area (Å²) in [4.78, 5) is 9.98. The summed E-state index contributed by atoms with van der Waals surface area (Å²) < 4.78 is 4.19. The Morgan fingerprint density at radius 1 is 2.00 bits per heavy atom. The zero-order valence-electron chi connectivity index (χ0n) is 4.63. The van der Waals surface area contributed by atoms with Crippen LogP contribution in [0.4, 0.5) is 0 Å². The second-order valence-corrected chi connectivity index (χ2v) is 1.30. The molecule has 0 aliphatic carbocycles. The molecule has 0 aliphatic heterocycles. The van der Waals surface area contributed by atoms with Crippen molar-refractivity contribution in [1.29, 1.82) is 0 Å². The van der Waals surface area contributed by atoms with E-state index in [2.05, 4.69) is 4.74 Å². The van der Waals surface area contributed by atoms with E-state index in [9.17, 15) is 4.79 Å². The van der Waals surface area contributed by atoms with Crippen LogP contribution in [-0.2, 0) is 9.53 Å². The predicted molar refractivity (Wildman–Crippen MR) is 26.8 cm³/mol. The second-order valence-electron chi connectivity index (χ2n) is 1.30. The Labute approximate surface area is 47.2 Å². The lowest BCUT2D eigenvalue weighted by atomic mass is 10.6. The molecule has 1 atom stereocenters. The lowest BCUT2D eigenvalue weighted by molar-refractivity contribution is -0.163. The summed E-state index contributed by atoms with van der Waals surface area (Å²) in [6.45, 7) is 1.15. The molecule has 0 aliphatic rings. The minimum Gasteiger partial charge on any atom is -0.435 e. The number of carbonyl (C=O) groups excluding carboxylic acids is 1. The van der Waals surface area contributed by atoms with E-state index in [1.165, 1.54) is 6.92 Å². The number of aliphatic hydroxyl groups is 1. The highest BCUT2D eigenvalue weighted by molar-refractivity contribution is 5.65. The van der Waals surface area contributed by atoms with E-state index in [0.717, 1.165) is 0 Å². The van der Waals surface area contributed by atoms with Crippen molar-refractivity contribution in [2.45, 2.75) is 13.2 Å². The fourth-order valence-electron chi connectivity index (χ4n) is 0.240. The summed E-state index contributed by atoms with van der Waals surface area (Å²) in [6.07, 6.45) is -1.15. The Balaban J connectivity index is 3.24. The first-order chi connectivity index (χ1) is 3.66. The normalized spacial score (nSPS) is 12.9. The number of aliphatic hydroxyl groups excluding tert-OH is 1. The average Bonchev–Trinajstić information content (AvgIpc) is 1.65. The number of rotatable bonds is 2. The van der Waals surface area contributed by atoms with Gasteiger partial charge in [-0.25, -0.2) is 0 Å². The molecule has 3 N–H and O–H groups in total. The molecule has 0 spiro atoms. The smallest absolute Gasteiger partial charge is 0.304 e. The van der Waals surface area contributed by atoms with Gasteiger partial charge in [0.25, 0.3) is 0 Å². The van der Waals surface area contributed by atoms with Gasteiger partial charge in [-0.1, -0.05) is 0 Å². The van der Waals surface area contributed by atoms with Crippen molar-refractivity contribution in [1.82, 2.24) is 0 Å². The Hall–Kier alpha value is -0.610. The summed E-state index contributed by atoms with van der Waals surface area (Å²) in [6, 6.07) is 0. The third kappa shape index (κ3) is 3.58. The van der Waals surface area contributed by atoms with E-state index in [-0.39, 0.29) is 6.54 Å². The van der Waals surface area contributed by atoms with Gasteiger partial charge in [-0.3, -0.25) is 4.79 Å². The molecule has 0 amide bonds. The molecule has 4 nitrogen and oxygen atoms in total. The zero-order chi connectivity index (χ0) is 6.57. The highest BCUT2D eigenvalue weighted by atomic mass is 16.6. The average molecular weight is 119 g/mol. The first kappa shape index (κ1) is 7.39. The van der Waals surface area contributed by atoms with Crippen LogP contribution in [0.3, 0.4) is 0 Å². The van der Waals surface area contributed by atoms with Gasteiger partial charge in [0.2, 0.25) is 6.29 Å². The van der Waals surface area contributed by atoms with Gasteiger partial charge in [-0.2, -0.15) is 0 Å². The van der Waals surface area contributed by atoms with Gasteiger partial charge in [0, 0.05) is 6.92 Å². The first-order valence-corrected chi connectivity index (χ1v) is 2.22. The Kier molecular flexibility index (Phi) is 3.14. The molecule has 0 fully saturated rings. The van der Waals surface area contributed by atoms with Gasteiger partial charge < -0.3 is 15.6 Å². The molecular weight excluding hydrogens is 110 g/mol. The van der Waals surface area contributed by atoms with Crippen molar-refractivity contribution in [3.63, 3.8) is 0 Å². The summed E-state index contributed by atoms with van der Waals surface area (Å²) in [5.74, 6) is -0.525. The van der Waals surface area contributed by atoms with Crippen LogP contribution in [0.5, 0.6) is 0 Å². The predicted octanol–water partition coefficient (Wildman–Crippen LogP) is -1.17. The Morgan fingerprint density at radius 2 is 2.50 bits per heavy atom. The molecule has 8 heavy (non-hydrogen) atoms. The van der Waals surface area contributed by atoms with Crippen molar-refractivity contribution in [3.8, 4) is 0 Å². The molecule has 0 unspecified atom stereocenters. The fourth-order valence-corrected chi connectivity index (χ4v) is 0.240. The Bertz CT molecular complexity index is 83.4. The van der Waals surface area contributed by atoms with Crippen LogP contribution in [0, 0.1) is 0 Å². The molecule has 0 saturated carbocycles. The zero-order valence-corrected chi connectivity index (χ0v) is 4.63. The number of esters is 1. The van der Waals surface area contributed by atoms with Crippen LogP contribution in [-0.4, -0.2) is 23.9 Å². The molecule has 0 aromatic carbocycles. The largest absolute Gasteiger partial charge is 0.435 e.